The van der Waals surface area contributed by atoms with E-state index in [1.165, 1.54) is 0 Å². The van der Waals surface area contributed by atoms with Gasteiger partial charge < -0.3 is 5.11 Å². The molecule has 0 spiro atoms. The largest absolute Gasteiger partial charge is 0.478 e. The minimum absolute atomic E-state index is 0.388. The average Bonchev–Trinajstić information content (AvgIpc) is 2.81. The Morgan fingerprint density at radius 1 is 1.32 bits per heavy atom. The van der Waals surface area contributed by atoms with Crippen LogP contribution in [0.25, 0.3) is 10.9 Å². The Bertz CT molecular complexity index is 674. The van der Waals surface area contributed by atoms with Crippen LogP contribution in [0.4, 0.5) is 0 Å². The van der Waals surface area contributed by atoms with E-state index in [1.54, 1.807) is 0 Å². The summed E-state index contributed by atoms with van der Waals surface area (Å²) in [6.07, 6.45) is 2.75. The molecule has 0 unspecified atom stereocenters. The second-order valence-corrected chi connectivity index (χ2v) is 5.50. The minimum atomic E-state index is -0.827. The van der Waals surface area contributed by atoms with Gasteiger partial charge in [-0.3, -0.25) is 4.98 Å². The summed E-state index contributed by atoms with van der Waals surface area (Å²) >= 11 is 0. The summed E-state index contributed by atoms with van der Waals surface area (Å²) in [6.45, 7) is 4.23. The number of benzene rings is 1. The molecule has 1 N–H and O–H groups in total. The molecule has 0 saturated carbocycles. The molecule has 19 heavy (non-hydrogen) atoms. The Morgan fingerprint density at radius 3 is 2.79 bits per heavy atom. The van der Waals surface area contributed by atoms with Crippen molar-refractivity contribution in [3.8, 4) is 0 Å². The highest BCUT2D eigenvalue weighted by Gasteiger charge is 2.23. The van der Waals surface area contributed by atoms with E-state index >= 15 is 0 Å². The number of aromatic carboxylic acids is 1. The second kappa shape index (κ2) is 4.34. The molecule has 0 fully saturated rings. The van der Waals surface area contributed by atoms with Crippen molar-refractivity contribution in [1.82, 2.24) is 4.98 Å². The minimum Gasteiger partial charge on any atom is -0.478 e. The summed E-state index contributed by atoms with van der Waals surface area (Å²) < 4.78 is 0. The Kier molecular flexibility index (Phi) is 2.77. The summed E-state index contributed by atoms with van der Waals surface area (Å²) in [6, 6.07) is 6.00. The lowest BCUT2D eigenvalue weighted by Crippen LogP contribution is -2.06. The zero-order chi connectivity index (χ0) is 13.6. The molecule has 1 heterocycles. The lowest BCUT2D eigenvalue weighted by Gasteiger charge is -2.12. The van der Waals surface area contributed by atoms with Crippen molar-refractivity contribution in [1.29, 1.82) is 0 Å². The van der Waals surface area contributed by atoms with Crippen LogP contribution in [0.1, 0.15) is 53.4 Å². The van der Waals surface area contributed by atoms with Crippen molar-refractivity contribution in [3.63, 3.8) is 0 Å². The van der Waals surface area contributed by atoms with Gasteiger partial charge in [-0.25, -0.2) is 4.79 Å². The number of carbonyl (C=O) groups is 1. The smallest absolute Gasteiger partial charge is 0.336 e. The van der Waals surface area contributed by atoms with Crippen LogP contribution >= 0.6 is 0 Å². The van der Waals surface area contributed by atoms with Crippen LogP contribution in [-0.4, -0.2) is 16.1 Å². The summed E-state index contributed by atoms with van der Waals surface area (Å²) in [5.74, 6) is -0.439. The highest BCUT2D eigenvalue weighted by Crippen LogP contribution is 2.31. The Morgan fingerprint density at radius 2 is 2.11 bits per heavy atom. The lowest BCUT2D eigenvalue weighted by molar-refractivity contribution is 0.0698. The summed E-state index contributed by atoms with van der Waals surface area (Å²) in [7, 11) is 0. The van der Waals surface area contributed by atoms with Crippen LogP contribution in [0.5, 0.6) is 0 Å². The van der Waals surface area contributed by atoms with Crippen LogP contribution in [0, 0.1) is 0 Å². The topological polar surface area (TPSA) is 50.2 Å². The van der Waals surface area contributed by atoms with Crippen LogP contribution in [-0.2, 0) is 12.8 Å². The van der Waals surface area contributed by atoms with Crippen LogP contribution in [0.15, 0.2) is 18.2 Å². The van der Waals surface area contributed by atoms with Crippen molar-refractivity contribution < 1.29 is 9.90 Å². The van der Waals surface area contributed by atoms with Crippen LogP contribution in [0.2, 0.25) is 0 Å². The van der Waals surface area contributed by atoms with Crippen LogP contribution in [0.3, 0.4) is 0 Å². The van der Waals surface area contributed by atoms with E-state index in [4.69, 9.17) is 0 Å². The van der Waals surface area contributed by atoms with Gasteiger partial charge in [0, 0.05) is 11.1 Å². The molecule has 0 saturated heterocycles. The first-order valence-electron chi connectivity index (χ1n) is 6.76. The van der Waals surface area contributed by atoms with Gasteiger partial charge in [0.2, 0.25) is 0 Å². The number of hydrogen-bond acceptors (Lipinski definition) is 2. The molecule has 1 aromatic heterocycles. The molecule has 3 heteroatoms. The van der Waals surface area contributed by atoms with Gasteiger partial charge in [-0.2, -0.15) is 0 Å². The number of nitrogens with zero attached hydrogens (tertiary/aromatic N) is 1. The van der Waals surface area contributed by atoms with Gasteiger partial charge in [0.1, 0.15) is 0 Å². The predicted octanol–water partition coefficient (Wildman–Crippen LogP) is 3.55. The molecule has 1 aliphatic rings. The van der Waals surface area contributed by atoms with Gasteiger partial charge in [-0.15, -0.1) is 0 Å². The summed E-state index contributed by atoms with van der Waals surface area (Å²) in [5.41, 5.74) is 4.36. The maximum atomic E-state index is 11.6. The fourth-order valence-electron chi connectivity index (χ4n) is 2.88. The Hall–Kier alpha value is -1.90. The van der Waals surface area contributed by atoms with Gasteiger partial charge >= 0.3 is 5.97 Å². The third-order valence-electron chi connectivity index (χ3n) is 3.92. The Labute approximate surface area is 112 Å². The monoisotopic (exact) mass is 255 g/mol. The molecule has 1 aliphatic carbocycles. The van der Waals surface area contributed by atoms with Crippen molar-refractivity contribution in [2.45, 2.75) is 39.0 Å². The lowest BCUT2D eigenvalue weighted by atomic mass is 9.96. The van der Waals surface area contributed by atoms with E-state index in [-0.39, 0.29) is 0 Å². The first-order valence-corrected chi connectivity index (χ1v) is 6.76. The number of aromatic nitrogens is 1. The number of carboxylic acids is 1. The fourth-order valence-corrected chi connectivity index (χ4v) is 2.88. The molecule has 0 radical (unpaired) electrons. The molecule has 3 rings (SSSR count). The molecule has 3 nitrogen and oxygen atoms in total. The number of rotatable bonds is 2. The highest BCUT2D eigenvalue weighted by atomic mass is 16.4. The van der Waals surface area contributed by atoms with E-state index < -0.39 is 5.97 Å². The van der Waals surface area contributed by atoms with Gasteiger partial charge in [0.05, 0.1) is 11.1 Å². The molecule has 0 amide bonds. The molecular weight excluding hydrogens is 238 g/mol. The maximum absolute atomic E-state index is 11.6. The van der Waals surface area contributed by atoms with E-state index in [0.717, 1.165) is 47.0 Å². The molecule has 1 aromatic carbocycles. The molecule has 0 aliphatic heterocycles. The third-order valence-corrected chi connectivity index (χ3v) is 3.92. The summed E-state index contributed by atoms with van der Waals surface area (Å²) in [5, 5.41) is 10.3. The van der Waals surface area contributed by atoms with Crippen molar-refractivity contribution >= 4 is 16.9 Å². The van der Waals surface area contributed by atoms with Crippen LogP contribution < -0.4 is 0 Å². The quantitative estimate of drug-likeness (QED) is 0.892. The normalized spacial score (nSPS) is 14.1. The van der Waals surface area contributed by atoms with Crippen molar-refractivity contribution in [2.75, 3.05) is 0 Å². The summed E-state index contributed by atoms with van der Waals surface area (Å²) in [4.78, 5) is 16.3. The van der Waals surface area contributed by atoms with Crippen molar-refractivity contribution in [2.24, 2.45) is 0 Å². The van der Waals surface area contributed by atoms with E-state index in [1.807, 2.05) is 18.2 Å². The standard InChI is InChI=1S/C16H17NO2/c1-9(2)10-6-7-14-12(8-10)15(16(18)19)11-4-3-5-13(11)17-14/h6-9H,3-5H2,1-2H3,(H,18,19). The number of fused-ring (bicyclic) bond motifs is 2. The highest BCUT2D eigenvalue weighted by molar-refractivity contribution is 6.04. The second-order valence-electron chi connectivity index (χ2n) is 5.50. The Balaban J connectivity index is 2.36. The van der Waals surface area contributed by atoms with E-state index in [2.05, 4.69) is 18.8 Å². The molecule has 0 bridgehead atoms. The average molecular weight is 255 g/mol. The van der Waals surface area contributed by atoms with Gasteiger partial charge in [0.15, 0.2) is 0 Å². The number of carboxylic acid groups (broad SMARTS) is 1. The third kappa shape index (κ3) is 1.89. The zero-order valence-electron chi connectivity index (χ0n) is 11.2. The maximum Gasteiger partial charge on any atom is 0.336 e. The van der Waals surface area contributed by atoms with E-state index in [0.29, 0.717) is 11.5 Å². The van der Waals surface area contributed by atoms with Crippen molar-refractivity contribution in [3.05, 3.63) is 40.6 Å². The zero-order valence-corrected chi connectivity index (χ0v) is 11.2. The van der Waals surface area contributed by atoms with Gasteiger partial charge in [-0.05, 0) is 48.4 Å². The van der Waals surface area contributed by atoms with Gasteiger partial charge in [0.25, 0.3) is 0 Å². The fraction of sp³-hybridized carbons (Fsp3) is 0.375. The number of hydrogen-bond donors (Lipinski definition) is 1. The predicted molar refractivity (Wildman–Crippen MR) is 74.8 cm³/mol. The molecule has 2 aromatic rings. The molecular formula is C16H17NO2. The number of aryl methyl sites for hydroxylation is 1. The van der Waals surface area contributed by atoms with E-state index in [9.17, 15) is 9.90 Å². The molecule has 0 atom stereocenters. The van der Waals surface area contributed by atoms with Gasteiger partial charge in [-0.1, -0.05) is 19.9 Å². The first kappa shape index (κ1) is 12.2. The molecule has 98 valence electrons. The first-order chi connectivity index (χ1) is 9.08. The SMILES string of the molecule is CC(C)c1ccc2nc3c(c(C(=O)O)c2c1)CCC3. The number of pyridine rings is 1.